The lowest BCUT2D eigenvalue weighted by Crippen LogP contribution is -2.38. The van der Waals surface area contributed by atoms with E-state index in [-0.39, 0.29) is 23.5 Å². The van der Waals surface area contributed by atoms with E-state index < -0.39 is 10.8 Å². The molecule has 1 aliphatic rings. The van der Waals surface area contributed by atoms with Crippen LogP contribution in [-0.4, -0.2) is 34.0 Å². The predicted octanol–water partition coefficient (Wildman–Crippen LogP) is 4.68. The van der Waals surface area contributed by atoms with Gasteiger partial charge in [-0.2, -0.15) is 0 Å². The molecule has 2 aromatic rings. The number of piperidine rings is 1. The van der Waals surface area contributed by atoms with Gasteiger partial charge in [-0.1, -0.05) is 29.8 Å². The van der Waals surface area contributed by atoms with Gasteiger partial charge in [-0.25, -0.2) is 4.39 Å². The molecule has 2 aromatic carbocycles. The van der Waals surface area contributed by atoms with E-state index in [9.17, 15) is 8.60 Å². The van der Waals surface area contributed by atoms with E-state index in [0.717, 1.165) is 49.4 Å². The lowest BCUT2D eigenvalue weighted by Gasteiger charge is -2.31. The molecular formula is C21H27ClFNOS. The number of aryl methyl sites for hydroxylation is 2. The second kappa shape index (κ2) is 9.63. The van der Waals surface area contributed by atoms with Gasteiger partial charge in [0, 0.05) is 16.7 Å². The van der Waals surface area contributed by atoms with Crippen LogP contribution in [0.5, 0.6) is 0 Å². The molecule has 0 saturated carbocycles. The fourth-order valence-corrected chi connectivity index (χ4v) is 5.07. The average Bonchev–Trinajstić information content (AvgIpc) is 2.61. The van der Waals surface area contributed by atoms with Crippen LogP contribution in [0.15, 0.2) is 47.4 Å². The average molecular weight is 396 g/mol. The number of likely N-dealkylation sites (tertiary alicyclic amines) is 1. The van der Waals surface area contributed by atoms with Crippen LogP contribution in [0.3, 0.4) is 0 Å². The zero-order valence-corrected chi connectivity index (χ0v) is 17.0. The van der Waals surface area contributed by atoms with E-state index in [1.165, 1.54) is 23.3 Å². The van der Waals surface area contributed by atoms with Crippen LogP contribution in [0.4, 0.5) is 4.39 Å². The van der Waals surface area contributed by atoms with Gasteiger partial charge in [0.05, 0.1) is 10.8 Å². The molecule has 2 nitrogen and oxygen atoms in total. The first-order valence-corrected chi connectivity index (χ1v) is 10.2. The first-order valence-electron chi connectivity index (χ1n) is 8.97. The molecule has 0 amide bonds. The van der Waals surface area contributed by atoms with Crippen molar-refractivity contribution >= 4 is 23.2 Å². The second-order valence-corrected chi connectivity index (χ2v) is 8.69. The van der Waals surface area contributed by atoms with Crippen LogP contribution in [0.1, 0.15) is 29.5 Å². The molecule has 0 aromatic heterocycles. The maximum absolute atomic E-state index is 13.0. The molecule has 0 aliphatic carbocycles. The number of nitrogens with zero attached hydrogens (tertiary/aromatic N) is 1. The third-order valence-electron chi connectivity index (χ3n) is 5.01. The molecule has 5 heteroatoms. The zero-order valence-electron chi connectivity index (χ0n) is 15.4. The minimum absolute atomic E-state index is 0. The van der Waals surface area contributed by atoms with E-state index in [4.69, 9.17) is 0 Å². The summed E-state index contributed by atoms with van der Waals surface area (Å²) in [6, 6.07) is 13.0. The minimum atomic E-state index is -0.916. The van der Waals surface area contributed by atoms with Gasteiger partial charge in [0.1, 0.15) is 5.82 Å². The Balaban J connectivity index is 0.00000243. The van der Waals surface area contributed by atoms with Crippen molar-refractivity contribution in [3.63, 3.8) is 0 Å². The van der Waals surface area contributed by atoms with Gasteiger partial charge in [0.15, 0.2) is 0 Å². The van der Waals surface area contributed by atoms with Crippen LogP contribution >= 0.6 is 12.4 Å². The highest BCUT2D eigenvalue weighted by Gasteiger charge is 2.25. The van der Waals surface area contributed by atoms with E-state index >= 15 is 0 Å². The maximum atomic E-state index is 13.0. The van der Waals surface area contributed by atoms with Crippen LogP contribution in [0.25, 0.3) is 0 Å². The first-order chi connectivity index (χ1) is 12.0. The predicted molar refractivity (Wildman–Crippen MR) is 109 cm³/mol. The van der Waals surface area contributed by atoms with Crippen molar-refractivity contribution < 1.29 is 8.60 Å². The summed E-state index contributed by atoms with van der Waals surface area (Å²) in [5, 5.41) is 0.253. The molecule has 0 spiro atoms. The summed E-state index contributed by atoms with van der Waals surface area (Å²) in [5.74, 6) is -0.182. The fourth-order valence-electron chi connectivity index (χ4n) is 3.49. The second-order valence-electron chi connectivity index (χ2n) is 6.98. The summed E-state index contributed by atoms with van der Waals surface area (Å²) in [4.78, 5) is 3.43. The van der Waals surface area contributed by atoms with Gasteiger partial charge < -0.3 is 4.90 Å². The van der Waals surface area contributed by atoms with Crippen molar-refractivity contribution in [2.45, 2.75) is 43.3 Å². The van der Waals surface area contributed by atoms with Crippen molar-refractivity contribution in [3.8, 4) is 0 Å². The number of halogens is 2. The van der Waals surface area contributed by atoms with Crippen LogP contribution in [0.2, 0.25) is 0 Å². The SMILES string of the molecule is Cc1ccc(S(=O)C2CCN(CCc3ccc(F)cc3)CC2)c(C)c1.Cl. The summed E-state index contributed by atoms with van der Waals surface area (Å²) < 4.78 is 25.9. The van der Waals surface area contributed by atoms with E-state index in [1.807, 2.05) is 18.2 Å². The molecule has 1 fully saturated rings. The molecule has 3 rings (SSSR count). The summed E-state index contributed by atoms with van der Waals surface area (Å²) in [7, 11) is -0.916. The fraction of sp³-hybridized carbons (Fsp3) is 0.429. The molecule has 1 heterocycles. The number of benzene rings is 2. The Morgan fingerprint density at radius 1 is 1.08 bits per heavy atom. The standard InChI is InChI=1S/C21H26FNOS.ClH/c1-16-3-8-21(17(2)15-16)25(24)20-10-13-23(14-11-20)12-9-18-4-6-19(22)7-5-18;/h3-8,15,20H,9-14H2,1-2H3;1H. The summed E-state index contributed by atoms with van der Waals surface area (Å²) >= 11 is 0. The maximum Gasteiger partial charge on any atom is 0.123 e. The molecule has 26 heavy (non-hydrogen) atoms. The highest BCUT2D eigenvalue weighted by Crippen LogP contribution is 2.24. The van der Waals surface area contributed by atoms with Crippen LogP contribution < -0.4 is 0 Å². The lowest BCUT2D eigenvalue weighted by atomic mass is 10.1. The molecule has 1 aliphatic heterocycles. The summed E-state index contributed by atoms with van der Waals surface area (Å²) in [6.07, 6.45) is 2.89. The monoisotopic (exact) mass is 395 g/mol. The van der Waals surface area contributed by atoms with Crippen molar-refractivity contribution in [2.75, 3.05) is 19.6 Å². The van der Waals surface area contributed by atoms with E-state index in [2.05, 4.69) is 30.9 Å². The molecule has 0 radical (unpaired) electrons. The van der Waals surface area contributed by atoms with Crippen molar-refractivity contribution in [1.82, 2.24) is 4.90 Å². The number of hydrogen-bond acceptors (Lipinski definition) is 2. The molecule has 1 saturated heterocycles. The topological polar surface area (TPSA) is 20.3 Å². The zero-order chi connectivity index (χ0) is 17.8. The van der Waals surface area contributed by atoms with Crippen molar-refractivity contribution in [2.24, 2.45) is 0 Å². The highest BCUT2D eigenvalue weighted by atomic mass is 35.5. The Bertz CT molecular complexity index is 742. The smallest absolute Gasteiger partial charge is 0.123 e. The Morgan fingerprint density at radius 3 is 2.35 bits per heavy atom. The molecule has 0 bridgehead atoms. The van der Waals surface area contributed by atoms with Gasteiger partial charge in [0.2, 0.25) is 0 Å². The molecule has 0 N–H and O–H groups in total. The van der Waals surface area contributed by atoms with E-state index in [1.54, 1.807) is 0 Å². The minimum Gasteiger partial charge on any atom is -0.303 e. The molecule has 1 atom stereocenters. The van der Waals surface area contributed by atoms with Gasteiger partial charge in [-0.05, 0) is 75.5 Å². The normalized spacial score (nSPS) is 16.9. The molecule has 142 valence electrons. The third kappa shape index (κ3) is 5.38. The van der Waals surface area contributed by atoms with Crippen LogP contribution in [0, 0.1) is 19.7 Å². The quantitative estimate of drug-likeness (QED) is 0.732. The van der Waals surface area contributed by atoms with Crippen LogP contribution in [-0.2, 0) is 17.2 Å². The summed E-state index contributed by atoms with van der Waals surface area (Å²) in [6.45, 7) is 7.08. The highest BCUT2D eigenvalue weighted by molar-refractivity contribution is 7.85. The van der Waals surface area contributed by atoms with Gasteiger partial charge in [-0.15, -0.1) is 12.4 Å². The lowest BCUT2D eigenvalue weighted by molar-refractivity contribution is 0.234. The number of rotatable bonds is 5. The van der Waals surface area contributed by atoms with Gasteiger partial charge in [0.25, 0.3) is 0 Å². The Morgan fingerprint density at radius 2 is 1.73 bits per heavy atom. The molecular weight excluding hydrogens is 369 g/mol. The Hall–Kier alpha value is -1.23. The van der Waals surface area contributed by atoms with Gasteiger partial charge >= 0.3 is 0 Å². The first kappa shape index (κ1) is 21.1. The van der Waals surface area contributed by atoms with Crippen molar-refractivity contribution in [1.29, 1.82) is 0 Å². The number of hydrogen-bond donors (Lipinski definition) is 0. The summed E-state index contributed by atoms with van der Waals surface area (Å²) in [5.41, 5.74) is 3.52. The van der Waals surface area contributed by atoms with Crippen molar-refractivity contribution in [3.05, 3.63) is 65.0 Å². The largest absolute Gasteiger partial charge is 0.303 e. The van der Waals surface area contributed by atoms with Gasteiger partial charge in [-0.3, -0.25) is 4.21 Å². The molecule has 1 unspecified atom stereocenters. The Labute approximate surface area is 164 Å². The third-order valence-corrected chi connectivity index (χ3v) is 6.98. The Kier molecular flexibility index (Phi) is 7.81. The van der Waals surface area contributed by atoms with E-state index in [0.29, 0.717) is 0 Å².